The second-order valence-corrected chi connectivity index (χ2v) is 5.57. The zero-order valence-corrected chi connectivity index (χ0v) is 12.9. The fourth-order valence-electron chi connectivity index (χ4n) is 1.66. The summed E-state index contributed by atoms with van der Waals surface area (Å²) in [6.07, 6.45) is 1.05. The summed E-state index contributed by atoms with van der Waals surface area (Å²) in [6, 6.07) is 4.69. The third-order valence-corrected chi connectivity index (χ3v) is 3.34. The average molecular weight is 313 g/mol. The van der Waals surface area contributed by atoms with Crippen molar-refractivity contribution in [2.75, 3.05) is 0 Å². The van der Waals surface area contributed by atoms with Gasteiger partial charge in [-0.2, -0.15) is 0 Å². The van der Waals surface area contributed by atoms with Crippen molar-refractivity contribution in [3.8, 4) is 0 Å². The van der Waals surface area contributed by atoms with E-state index in [0.29, 0.717) is 22.4 Å². The maximum absolute atomic E-state index is 10.00. The first-order chi connectivity index (χ1) is 7.91. The average Bonchev–Trinajstić information content (AvgIpc) is 2.25. The quantitative estimate of drug-likeness (QED) is 0.855. The van der Waals surface area contributed by atoms with Crippen LogP contribution < -0.4 is 5.73 Å². The van der Waals surface area contributed by atoms with Crippen LogP contribution in [0.25, 0.3) is 0 Å². The molecular formula is C13H20Cl3NO. The molecule has 104 valence electrons. The van der Waals surface area contributed by atoms with E-state index >= 15 is 0 Å². The molecule has 1 aromatic rings. The van der Waals surface area contributed by atoms with E-state index in [-0.39, 0.29) is 12.4 Å². The van der Waals surface area contributed by atoms with Crippen LogP contribution in [0.15, 0.2) is 18.2 Å². The van der Waals surface area contributed by atoms with Crippen LogP contribution in [-0.2, 0) is 0 Å². The van der Waals surface area contributed by atoms with Crippen LogP contribution >= 0.6 is 35.6 Å². The first kappa shape index (κ1) is 18.0. The maximum Gasteiger partial charge on any atom is 0.0733 e. The molecule has 18 heavy (non-hydrogen) atoms. The highest BCUT2D eigenvalue weighted by Crippen LogP contribution is 2.28. The molecule has 3 N–H and O–H groups in total. The van der Waals surface area contributed by atoms with Gasteiger partial charge in [0.25, 0.3) is 0 Å². The van der Waals surface area contributed by atoms with Crippen molar-refractivity contribution in [1.29, 1.82) is 0 Å². The van der Waals surface area contributed by atoms with Gasteiger partial charge in [0, 0.05) is 10.0 Å². The van der Waals surface area contributed by atoms with Gasteiger partial charge in [-0.25, -0.2) is 0 Å². The topological polar surface area (TPSA) is 46.2 Å². The summed E-state index contributed by atoms with van der Waals surface area (Å²) in [7, 11) is 0. The van der Waals surface area contributed by atoms with Crippen LogP contribution in [0.5, 0.6) is 0 Å². The summed E-state index contributed by atoms with van der Waals surface area (Å²) < 4.78 is 0. The largest absolute Gasteiger partial charge is 0.391 e. The Balaban J connectivity index is 0.00000289. The first-order valence-electron chi connectivity index (χ1n) is 5.80. The van der Waals surface area contributed by atoms with Crippen LogP contribution in [0.1, 0.15) is 38.3 Å². The van der Waals surface area contributed by atoms with E-state index < -0.39 is 12.1 Å². The van der Waals surface area contributed by atoms with Crippen LogP contribution in [0.4, 0.5) is 0 Å². The van der Waals surface area contributed by atoms with Crippen molar-refractivity contribution in [3.05, 3.63) is 33.8 Å². The lowest BCUT2D eigenvalue weighted by Crippen LogP contribution is -2.26. The fourth-order valence-corrected chi connectivity index (χ4v) is 2.20. The Morgan fingerprint density at radius 2 is 1.83 bits per heavy atom. The highest BCUT2D eigenvalue weighted by Gasteiger charge is 2.19. The number of aliphatic hydroxyl groups excluding tert-OH is 1. The molecule has 2 nitrogen and oxygen atoms in total. The van der Waals surface area contributed by atoms with Crippen LogP contribution in [-0.4, -0.2) is 11.2 Å². The third-order valence-electron chi connectivity index (χ3n) is 2.78. The van der Waals surface area contributed by atoms with Gasteiger partial charge in [0.15, 0.2) is 0 Å². The van der Waals surface area contributed by atoms with Gasteiger partial charge in [-0.05, 0) is 36.5 Å². The number of rotatable bonds is 5. The van der Waals surface area contributed by atoms with E-state index in [2.05, 4.69) is 13.8 Å². The maximum atomic E-state index is 10.00. The third kappa shape index (κ3) is 5.33. The first-order valence-corrected chi connectivity index (χ1v) is 6.56. The van der Waals surface area contributed by atoms with E-state index in [1.54, 1.807) is 18.2 Å². The van der Waals surface area contributed by atoms with Gasteiger partial charge >= 0.3 is 0 Å². The number of halogens is 3. The Kier molecular flexibility index (Phi) is 8.24. The summed E-state index contributed by atoms with van der Waals surface area (Å²) >= 11 is 11.9. The van der Waals surface area contributed by atoms with Crippen molar-refractivity contribution < 1.29 is 5.11 Å². The Bertz CT molecular complexity index is 371. The minimum Gasteiger partial charge on any atom is -0.391 e. The number of nitrogens with two attached hydrogens (primary N) is 1. The standard InChI is InChI=1S/C13H19Cl2NO.ClH/c1-8(2)3-6-12(17)13(16)10-5-4-9(14)7-11(10)15;/h4-5,7-8,12-13,17H,3,6,16H2,1-2H3;1H/t12-,13+;/m0./s1. The molecule has 0 heterocycles. The predicted octanol–water partition coefficient (Wildman–Crippen LogP) is 4.21. The van der Waals surface area contributed by atoms with Crippen LogP contribution in [0.3, 0.4) is 0 Å². The molecule has 0 amide bonds. The minimum atomic E-state index is -0.573. The van der Waals surface area contributed by atoms with Crippen LogP contribution in [0.2, 0.25) is 10.0 Å². The minimum absolute atomic E-state index is 0. The highest BCUT2D eigenvalue weighted by atomic mass is 35.5. The van der Waals surface area contributed by atoms with E-state index in [1.165, 1.54) is 0 Å². The van der Waals surface area contributed by atoms with E-state index in [1.807, 2.05) is 0 Å². The van der Waals surface area contributed by atoms with Crippen molar-refractivity contribution in [2.24, 2.45) is 11.7 Å². The number of benzene rings is 1. The van der Waals surface area contributed by atoms with E-state index in [9.17, 15) is 5.11 Å². The van der Waals surface area contributed by atoms with Gasteiger partial charge in [-0.1, -0.05) is 43.1 Å². The Hall–Kier alpha value is 0.01000. The molecule has 1 rings (SSSR count). The Morgan fingerprint density at radius 3 is 2.33 bits per heavy atom. The molecule has 0 aliphatic rings. The second kappa shape index (κ2) is 8.23. The molecule has 0 bridgehead atoms. The molecule has 0 aliphatic heterocycles. The molecule has 0 unspecified atom stereocenters. The lowest BCUT2D eigenvalue weighted by Gasteiger charge is -2.21. The van der Waals surface area contributed by atoms with Gasteiger partial charge in [-0.15, -0.1) is 12.4 Å². The fraction of sp³-hybridized carbons (Fsp3) is 0.538. The second-order valence-electron chi connectivity index (χ2n) is 4.73. The molecule has 0 aliphatic carbocycles. The summed E-state index contributed by atoms with van der Waals surface area (Å²) in [6.45, 7) is 4.24. The van der Waals surface area contributed by atoms with Gasteiger partial charge in [0.2, 0.25) is 0 Å². The van der Waals surface area contributed by atoms with E-state index in [0.717, 1.165) is 12.0 Å². The number of aliphatic hydroxyl groups is 1. The van der Waals surface area contributed by atoms with Crippen LogP contribution in [0, 0.1) is 5.92 Å². The Morgan fingerprint density at radius 1 is 1.22 bits per heavy atom. The normalized spacial score (nSPS) is 14.2. The zero-order valence-electron chi connectivity index (χ0n) is 10.6. The molecule has 0 saturated heterocycles. The predicted molar refractivity (Wildman–Crippen MR) is 80.7 cm³/mol. The number of hydrogen-bond acceptors (Lipinski definition) is 2. The van der Waals surface area contributed by atoms with Gasteiger partial charge in [0.05, 0.1) is 12.1 Å². The summed E-state index contributed by atoms with van der Waals surface area (Å²) in [5.41, 5.74) is 6.74. The van der Waals surface area contributed by atoms with Crippen molar-refractivity contribution >= 4 is 35.6 Å². The monoisotopic (exact) mass is 311 g/mol. The molecule has 2 atom stereocenters. The highest BCUT2D eigenvalue weighted by molar-refractivity contribution is 6.35. The molecular weight excluding hydrogens is 293 g/mol. The summed E-state index contributed by atoms with van der Waals surface area (Å²) in [5, 5.41) is 11.1. The molecule has 1 aromatic carbocycles. The zero-order chi connectivity index (χ0) is 13.0. The smallest absolute Gasteiger partial charge is 0.0733 e. The summed E-state index contributed by atoms with van der Waals surface area (Å²) in [5.74, 6) is 0.553. The van der Waals surface area contributed by atoms with Gasteiger partial charge in [-0.3, -0.25) is 0 Å². The lowest BCUT2D eigenvalue weighted by atomic mass is 9.96. The number of hydrogen-bond donors (Lipinski definition) is 2. The molecule has 0 spiro atoms. The van der Waals surface area contributed by atoms with E-state index in [4.69, 9.17) is 28.9 Å². The van der Waals surface area contributed by atoms with Crippen molar-refractivity contribution in [1.82, 2.24) is 0 Å². The Labute approximate surface area is 125 Å². The van der Waals surface area contributed by atoms with Crippen molar-refractivity contribution in [3.63, 3.8) is 0 Å². The SMILES string of the molecule is CC(C)CC[C@H](O)[C@H](N)c1ccc(Cl)cc1Cl.Cl. The molecule has 0 saturated carbocycles. The molecule has 0 aromatic heterocycles. The molecule has 0 radical (unpaired) electrons. The molecule has 5 heteroatoms. The van der Waals surface area contributed by atoms with Gasteiger partial charge in [0.1, 0.15) is 0 Å². The lowest BCUT2D eigenvalue weighted by molar-refractivity contribution is 0.128. The van der Waals surface area contributed by atoms with Gasteiger partial charge < -0.3 is 10.8 Å². The van der Waals surface area contributed by atoms with Crippen molar-refractivity contribution in [2.45, 2.75) is 38.8 Å². The summed E-state index contributed by atoms with van der Waals surface area (Å²) in [4.78, 5) is 0. The molecule has 0 fully saturated rings.